The Labute approximate surface area is 144 Å². The summed E-state index contributed by atoms with van der Waals surface area (Å²) >= 11 is 3.79. The van der Waals surface area contributed by atoms with Gasteiger partial charge in [0, 0.05) is 23.1 Å². The predicted molar refractivity (Wildman–Crippen MR) is 106 cm³/mol. The minimum Gasteiger partial charge on any atom is -0.119 e. The van der Waals surface area contributed by atoms with Crippen molar-refractivity contribution < 1.29 is 0 Å². The smallest absolute Gasteiger partial charge is 0.0456 e. The van der Waals surface area contributed by atoms with Crippen LogP contribution in [0.1, 0.15) is 0 Å². The van der Waals surface area contributed by atoms with Crippen LogP contribution in [-0.4, -0.2) is 13.3 Å². The topological polar surface area (TPSA) is 0 Å². The first kappa shape index (κ1) is 17.5. The van der Waals surface area contributed by atoms with E-state index < -0.39 is 8.07 Å². The van der Waals surface area contributed by atoms with Crippen LogP contribution in [0.15, 0.2) is 81.9 Å². The van der Waals surface area contributed by atoms with Crippen LogP contribution < -0.4 is 0 Å². The minimum absolute atomic E-state index is 0.560. The SMILES string of the molecule is C[Si](C)(C)CC(/C=C/Sc1ccccc1)Sc1ccccc1. The summed E-state index contributed by atoms with van der Waals surface area (Å²) in [6, 6.07) is 22.6. The lowest BCUT2D eigenvalue weighted by molar-refractivity contribution is 1.18. The summed E-state index contributed by atoms with van der Waals surface area (Å²) in [5.41, 5.74) is 0. The van der Waals surface area contributed by atoms with E-state index in [2.05, 4.69) is 91.8 Å². The van der Waals surface area contributed by atoms with Crippen molar-refractivity contribution in [2.75, 3.05) is 0 Å². The molecule has 0 aromatic heterocycles. The van der Waals surface area contributed by atoms with Gasteiger partial charge in [-0.25, -0.2) is 0 Å². The molecule has 3 heteroatoms. The lowest BCUT2D eigenvalue weighted by Crippen LogP contribution is -2.24. The van der Waals surface area contributed by atoms with Gasteiger partial charge in [0.15, 0.2) is 0 Å². The molecule has 22 heavy (non-hydrogen) atoms. The van der Waals surface area contributed by atoms with E-state index in [-0.39, 0.29) is 0 Å². The Morgan fingerprint density at radius 3 is 1.95 bits per heavy atom. The van der Waals surface area contributed by atoms with Crippen molar-refractivity contribution in [3.63, 3.8) is 0 Å². The number of rotatable bonds is 7. The monoisotopic (exact) mass is 344 g/mol. The molecule has 0 saturated carbocycles. The van der Waals surface area contributed by atoms with Crippen molar-refractivity contribution in [1.29, 1.82) is 0 Å². The summed E-state index contributed by atoms with van der Waals surface area (Å²) in [6.07, 6.45) is 2.38. The van der Waals surface area contributed by atoms with Gasteiger partial charge in [-0.05, 0) is 35.7 Å². The zero-order valence-corrected chi connectivity index (χ0v) is 16.2. The number of thioether (sulfide) groups is 2. The van der Waals surface area contributed by atoms with E-state index in [1.54, 1.807) is 11.8 Å². The molecule has 0 amide bonds. The third-order valence-electron chi connectivity index (χ3n) is 3.08. The highest BCUT2D eigenvalue weighted by Gasteiger charge is 2.19. The molecule has 2 aromatic rings. The number of benzene rings is 2. The highest BCUT2D eigenvalue weighted by molar-refractivity contribution is 8.02. The quantitative estimate of drug-likeness (QED) is 0.400. The lowest BCUT2D eigenvalue weighted by atomic mass is 10.4. The summed E-state index contributed by atoms with van der Waals surface area (Å²) in [6.45, 7) is 7.34. The normalized spacial score (nSPS) is 13.4. The van der Waals surface area contributed by atoms with Gasteiger partial charge in [-0.3, -0.25) is 0 Å². The maximum absolute atomic E-state index is 2.45. The average molecular weight is 345 g/mol. The second kappa shape index (κ2) is 8.66. The van der Waals surface area contributed by atoms with Crippen molar-refractivity contribution in [2.45, 2.75) is 40.7 Å². The van der Waals surface area contributed by atoms with Crippen LogP contribution in [0.25, 0.3) is 0 Å². The zero-order chi connectivity index (χ0) is 15.8. The van der Waals surface area contributed by atoms with Gasteiger partial charge in [0.1, 0.15) is 0 Å². The van der Waals surface area contributed by atoms with E-state index in [1.807, 2.05) is 11.8 Å². The maximum Gasteiger partial charge on any atom is 0.0456 e. The largest absolute Gasteiger partial charge is 0.119 e. The molecule has 0 radical (unpaired) electrons. The molecule has 0 aliphatic rings. The van der Waals surface area contributed by atoms with Crippen molar-refractivity contribution in [1.82, 2.24) is 0 Å². The molecular weight excluding hydrogens is 320 g/mol. The summed E-state index contributed by atoms with van der Waals surface area (Å²) in [5, 5.41) is 2.82. The van der Waals surface area contributed by atoms with Crippen molar-refractivity contribution in [3.05, 3.63) is 72.1 Å². The van der Waals surface area contributed by atoms with Crippen LogP contribution in [0.3, 0.4) is 0 Å². The molecule has 0 aliphatic carbocycles. The summed E-state index contributed by atoms with van der Waals surface area (Å²) in [7, 11) is -1.08. The van der Waals surface area contributed by atoms with Gasteiger partial charge in [-0.2, -0.15) is 0 Å². The highest BCUT2D eigenvalue weighted by atomic mass is 32.2. The van der Waals surface area contributed by atoms with Gasteiger partial charge < -0.3 is 0 Å². The van der Waals surface area contributed by atoms with Crippen molar-refractivity contribution in [3.8, 4) is 0 Å². The Morgan fingerprint density at radius 1 is 0.864 bits per heavy atom. The molecule has 2 rings (SSSR count). The van der Waals surface area contributed by atoms with Gasteiger partial charge in [-0.15, -0.1) is 11.8 Å². The fraction of sp³-hybridized carbons (Fsp3) is 0.263. The van der Waals surface area contributed by atoms with Crippen LogP contribution in [0.5, 0.6) is 0 Å². The van der Waals surface area contributed by atoms with E-state index >= 15 is 0 Å². The molecule has 0 fully saturated rings. The van der Waals surface area contributed by atoms with E-state index in [4.69, 9.17) is 0 Å². The van der Waals surface area contributed by atoms with Crippen molar-refractivity contribution >= 4 is 31.6 Å². The molecular formula is C19H24S2Si. The van der Waals surface area contributed by atoms with Crippen LogP contribution in [0, 0.1) is 0 Å². The van der Waals surface area contributed by atoms with Crippen LogP contribution >= 0.6 is 23.5 Å². The molecule has 0 N–H and O–H groups in total. The third kappa shape index (κ3) is 6.90. The standard InChI is InChI=1S/C19H24S2Si/c1-22(2,3)16-19(21-18-12-8-5-9-13-18)14-15-20-17-10-6-4-7-11-17/h4-15,19H,16H2,1-3H3/b15-14+. The van der Waals surface area contributed by atoms with Crippen LogP contribution in [-0.2, 0) is 0 Å². The molecule has 0 bridgehead atoms. The second-order valence-electron chi connectivity index (χ2n) is 6.49. The van der Waals surface area contributed by atoms with Crippen LogP contribution in [0.4, 0.5) is 0 Å². The Balaban J connectivity index is 2.01. The number of hydrogen-bond donors (Lipinski definition) is 0. The first-order valence-electron chi connectivity index (χ1n) is 7.63. The molecule has 1 atom stereocenters. The van der Waals surface area contributed by atoms with Gasteiger partial charge >= 0.3 is 0 Å². The van der Waals surface area contributed by atoms with E-state index in [1.165, 1.54) is 15.8 Å². The fourth-order valence-corrected chi connectivity index (χ4v) is 6.97. The van der Waals surface area contributed by atoms with Gasteiger partial charge in [0.2, 0.25) is 0 Å². The first-order valence-corrected chi connectivity index (χ1v) is 13.1. The fourth-order valence-electron chi connectivity index (χ4n) is 2.13. The lowest BCUT2D eigenvalue weighted by Gasteiger charge is -2.21. The van der Waals surface area contributed by atoms with E-state index in [0.717, 1.165) is 0 Å². The summed E-state index contributed by atoms with van der Waals surface area (Å²) in [5.74, 6) is 0. The predicted octanol–water partition coefficient (Wildman–Crippen LogP) is 6.79. The van der Waals surface area contributed by atoms with Crippen LogP contribution in [0.2, 0.25) is 25.7 Å². The van der Waals surface area contributed by atoms with Gasteiger partial charge in [-0.1, -0.05) is 73.9 Å². The molecule has 0 heterocycles. The molecule has 1 unspecified atom stereocenters. The zero-order valence-electron chi connectivity index (χ0n) is 13.5. The van der Waals surface area contributed by atoms with Crippen molar-refractivity contribution in [2.24, 2.45) is 0 Å². The third-order valence-corrected chi connectivity index (χ3v) is 7.05. The first-order chi connectivity index (χ1) is 10.5. The molecule has 2 aromatic carbocycles. The van der Waals surface area contributed by atoms with Gasteiger partial charge in [0.25, 0.3) is 0 Å². The maximum atomic E-state index is 2.45. The Kier molecular flexibility index (Phi) is 6.87. The summed E-state index contributed by atoms with van der Waals surface area (Å²) in [4.78, 5) is 2.66. The summed E-state index contributed by atoms with van der Waals surface area (Å²) < 4.78 is 0. The highest BCUT2D eigenvalue weighted by Crippen LogP contribution is 2.31. The molecule has 116 valence electrons. The number of hydrogen-bond acceptors (Lipinski definition) is 2. The Bertz CT molecular complexity index is 573. The van der Waals surface area contributed by atoms with E-state index in [9.17, 15) is 0 Å². The average Bonchev–Trinajstić information content (AvgIpc) is 2.48. The molecule has 0 aliphatic heterocycles. The second-order valence-corrected chi connectivity index (χ2v) is 14.3. The molecule has 0 saturated heterocycles. The molecule has 0 nitrogen and oxygen atoms in total. The minimum atomic E-state index is -1.08. The Morgan fingerprint density at radius 2 is 1.41 bits per heavy atom. The molecule has 0 spiro atoms. The van der Waals surface area contributed by atoms with E-state index in [0.29, 0.717) is 5.25 Å². The van der Waals surface area contributed by atoms with Gasteiger partial charge in [0.05, 0.1) is 0 Å². The Hall–Kier alpha value is -0.903.